The molecule has 1 nitrogen and oxygen atoms in total. The Balaban J connectivity index is 2.23. The highest BCUT2D eigenvalue weighted by Crippen LogP contribution is 2.29. The number of nitrogens with one attached hydrogen (secondary N) is 1. The van der Waals surface area contributed by atoms with Gasteiger partial charge in [-0.3, -0.25) is 0 Å². The summed E-state index contributed by atoms with van der Waals surface area (Å²) in [6.07, 6.45) is 0. The van der Waals surface area contributed by atoms with Crippen molar-refractivity contribution in [2.75, 3.05) is 12.3 Å². The smallest absolute Gasteiger partial charge is 0.309 e. The lowest BCUT2D eigenvalue weighted by Gasteiger charge is -2.12. The van der Waals surface area contributed by atoms with Gasteiger partial charge in [-0.05, 0) is 37.7 Å². The van der Waals surface area contributed by atoms with Crippen LogP contribution in [0.25, 0.3) is 0 Å². The maximum atomic E-state index is 11.8. The number of thiophene rings is 1. The molecular weight excluding hydrogens is 255 g/mol. The first-order valence-corrected chi connectivity index (χ1v) is 6.69. The van der Waals surface area contributed by atoms with Crippen molar-refractivity contribution in [3.05, 3.63) is 21.9 Å². The van der Waals surface area contributed by atoms with Crippen LogP contribution in [0.4, 0.5) is 13.2 Å². The molecule has 0 aliphatic carbocycles. The summed E-state index contributed by atoms with van der Waals surface area (Å²) in [7, 11) is 0. The van der Waals surface area contributed by atoms with E-state index in [1.807, 2.05) is 26.0 Å². The van der Waals surface area contributed by atoms with Crippen LogP contribution in [0.5, 0.6) is 0 Å². The molecule has 6 heteroatoms. The van der Waals surface area contributed by atoms with E-state index in [2.05, 4.69) is 5.32 Å². The normalized spacial score (nSPS) is 14.1. The lowest BCUT2D eigenvalue weighted by Crippen LogP contribution is -2.21. The van der Waals surface area contributed by atoms with Crippen LogP contribution in [0.15, 0.2) is 12.1 Å². The second-order valence-corrected chi connectivity index (χ2v) is 5.90. The molecule has 1 rings (SSSR count). The first-order valence-electron chi connectivity index (χ1n) is 4.89. The van der Waals surface area contributed by atoms with Gasteiger partial charge in [-0.25, -0.2) is 0 Å². The van der Waals surface area contributed by atoms with Crippen LogP contribution in [-0.4, -0.2) is 17.8 Å². The Morgan fingerprint density at radius 2 is 2.12 bits per heavy atom. The average Bonchev–Trinajstić information content (AvgIpc) is 2.57. The second-order valence-electron chi connectivity index (χ2n) is 3.42. The van der Waals surface area contributed by atoms with Gasteiger partial charge in [0.15, 0.2) is 0 Å². The van der Waals surface area contributed by atoms with Crippen molar-refractivity contribution >= 4 is 23.1 Å². The fourth-order valence-electron chi connectivity index (χ4n) is 1.23. The van der Waals surface area contributed by atoms with E-state index in [4.69, 9.17) is 0 Å². The van der Waals surface area contributed by atoms with Gasteiger partial charge < -0.3 is 5.32 Å². The standard InChI is InChI=1S/C10H14F3NS2/c1-7-3-4-9(16-7)8(2)14-5-6-15-10(11,12)13/h3-4,8,14H,5-6H2,1-2H3. The maximum Gasteiger partial charge on any atom is 0.441 e. The van der Waals surface area contributed by atoms with Crippen molar-refractivity contribution in [1.29, 1.82) is 0 Å². The molecule has 0 aliphatic heterocycles. The third-order valence-electron chi connectivity index (χ3n) is 2.01. The Bertz CT molecular complexity index is 322. The van der Waals surface area contributed by atoms with Crippen molar-refractivity contribution in [3.8, 4) is 0 Å². The van der Waals surface area contributed by atoms with Crippen molar-refractivity contribution < 1.29 is 13.2 Å². The van der Waals surface area contributed by atoms with Crippen molar-refractivity contribution in [1.82, 2.24) is 5.32 Å². The van der Waals surface area contributed by atoms with E-state index in [-0.39, 0.29) is 23.6 Å². The van der Waals surface area contributed by atoms with Gasteiger partial charge in [0, 0.05) is 28.1 Å². The summed E-state index contributed by atoms with van der Waals surface area (Å²) >= 11 is 1.68. The van der Waals surface area contributed by atoms with E-state index in [9.17, 15) is 13.2 Å². The van der Waals surface area contributed by atoms with Gasteiger partial charge in [-0.2, -0.15) is 13.2 Å². The molecule has 92 valence electrons. The van der Waals surface area contributed by atoms with Crippen molar-refractivity contribution in [2.45, 2.75) is 25.4 Å². The largest absolute Gasteiger partial charge is 0.441 e. The highest BCUT2D eigenvalue weighted by atomic mass is 32.2. The van der Waals surface area contributed by atoms with E-state index >= 15 is 0 Å². The minimum absolute atomic E-state index is 0.0169. The number of rotatable bonds is 5. The van der Waals surface area contributed by atoms with Gasteiger partial charge in [0.05, 0.1) is 0 Å². The Morgan fingerprint density at radius 3 is 2.62 bits per heavy atom. The quantitative estimate of drug-likeness (QED) is 0.812. The molecule has 1 N–H and O–H groups in total. The zero-order valence-electron chi connectivity index (χ0n) is 9.10. The second kappa shape index (κ2) is 5.93. The van der Waals surface area contributed by atoms with Gasteiger partial charge in [0.2, 0.25) is 0 Å². The summed E-state index contributed by atoms with van der Waals surface area (Å²) in [5.41, 5.74) is -4.12. The summed E-state index contributed by atoms with van der Waals surface area (Å²) in [6.45, 7) is 4.34. The Labute approximate surface area is 101 Å². The van der Waals surface area contributed by atoms with Crippen LogP contribution in [-0.2, 0) is 0 Å². The van der Waals surface area contributed by atoms with Gasteiger partial charge in [0.25, 0.3) is 0 Å². The minimum atomic E-state index is -4.12. The van der Waals surface area contributed by atoms with Crippen LogP contribution >= 0.6 is 23.1 Å². The Hall–Kier alpha value is -0.200. The average molecular weight is 269 g/mol. The zero-order chi connectivity index (χ0) is 12.2. The molecule has 0 saturated carbocycles. The summed E-state index contributed by atoms with van der Waals surface area (Å²) in [4.78, 5) is 2.38. The van der Waals surface area contributed by atoms with E-state index in [1.54, 1.807) is 11.3 Å². The van der Waals surface area contributed by atoms with Gasteiger partial charge in [-0.15, -0.1) is 11.3 Å². The molecule has 0 amide bonds. The molecule has 0 aliphatic rings. The molecule has 0 fully saturated rings. The predicted molar refractivity (Wildman–Crippen MR) is 64.0 cm³/mol. The SMILES string of the molecule is Cc1ccc(C(C)NCCSC(F)(F)F)s1. The van der Waals surface area contributed by atoms with E-state index in [0.29, 0.717) is 6.54 Å². The topological polar surface area (TPSA) is 12.0 Å². The first kappa shape index (κ1) is 13.9. The van der Waals surface area contributed by atoms with E-state index < -0.39 is 5.51 Å². The van der Waals surface area contributed by atoms with E-state index in [1.165, 1.54) is 4.88 Å². The van der Waals surface area contributed by atoms with Gasteiger partial charge >= 0.3 is 5.51 Å². The third-order valence-corrected chi connectivity index (χ3v) is 3.93. The predicted octanol–water partition coefficient (Wildman–Crippen LogP) is 3.96. The molecule has 0 radical (unpaired) electrons. The van der Waals surface area contributed by atoms with Crippen LogP contribution in [0.1, 0.15) is 22.7 Å². The van der Waals surface area contributed by atoms with Crippen LogP contribution in [0.2, 0.25) is 0 Å². The highest BCUT2D eigenvalue weighted by Gasteiger charge is 2.27. The lowest BCUT2D eigenvalue weighted by atomic mass is 10.3. The van der Waals surface area contributed by atoms with Gasteiger partial charge in [0.1, 0.15) is 0 Å². The molecule has 1 aromatic rings. The molecule has 1 aromatic heterocycles. The molecule has 1 atom stereocenters. The fraction of sp³-hybridized carbons (Fsp3) is 0.600. The summed E-state index contributed by atoms with van der Waals surface area (Å²) < 4.78 is 35.5. The number of halogens is 3. The van der Waals surface area contributed by atoms with Crippen LogP contribution < -0.4 is 5.32 Å². The molecular formula is C10H14F3NS2. The highest BCUT2D eigenvalue weighted by molar-refractivity contribution is 8.00. The summed E-state index contributed by atoms with van der Waals surface area (Å²) in [6, 6.07) is 4.14. The number of thioether (sulfide) groups is 1. The van der Waals surface area contributed by atoms with Crippen molar-refractivity contribution in [2.24, 2.45) is 0 Å². The molecule has 0 aromatic carbocycles. The van der Waals surface area contributed by atoms with E-state index in [0.717, 1.165) is 4.88 Å². The summed E-state index contributed by atoms with van der Waals surface area (Å²) in [5, 5.41) is 3.07. The number of aryl methyl sites for hydroxylation is 1. The maximum absolute atomic E-state index is 11.8. The minimum Gasteiger partial charge on any atom is -0.309 e. The molecule has 1 unspecified atom stereocenters. The number of hydrogen-bond donors (Lipinski definition) is 1. The molecule has 0 spiro atoms. The third kappa shape index (κ3) is 5.23. The molecule has 0 saturated heterocycles. The summed E-state index contributed by atoms with van der Waals surface area (Å²) in [5.74, 6) is 0.0538. The molecule has 0 bridgehead atoms. The van der Waals surface area contributed by atoms with Crippen LogP contribution in [0, 0.1) is 6.92 Å². The Kier molecular flexibility index (Phi) is 5.14. The first-order chi connectivity index (χ1) is 7.38. The van der Waals surface area contributed by atoms with Gasteiger partial charge in [-0.1, -0.05) is 0 Å². The van der Waals surface area contributed by atoms with Crippen LogP contribution in [0.3, 0.4) is 0 Å². The Morgan fingerprint density at radius 1 is 1.44 bits per heavy atom. The number of alkyl halides is 3. The zero-order valence-corrected chi connectivity index (χ0v) is 10.7. The monoisotopic (exact) mass is 269 g/mol. The molecule has 1 heterocycles. The molecule has 16 heavy (non-hydrogen) atoms. The fourth-order valence-corrected chi connectivity index (χ4v) is 2.58. The number of hydrogen-bond acceptors (Lipinski definition) is 3. The lowest BCUT2D eigenvalue weighted by molar-refractivity contribution is -0.0327. The van der Waals surface area contributed by atoms with Crippen molar-refractivity contribution in [3.63, 3.8) is 0 Å².